The molecule has 3 rings (SSSR count). The van der Waals surface area contributed by atoms with E-state index >= 15 is 0 Å². The third-order valence-electron chi connectivity index (χ3n) is 3.70. The Bertz CT molecular complexity index is 583. The van der Waals surface area contributed by atoms with E-state index in [9.17, 15) is 0 Å². The molecule has 0 fully saturated rings. The summed E-state index contributed by atoms with van der Waals surface area (Å²) in [6.45, 7) is 2.20. The van der Waals surface area contributed by atoms with Gasteiger partial charge in [-0.3, -0.25) is 0 Å². The quantitative estimate of drug-likeness (QED) is 0.925. The van der Waals surface area contributed by atoms with E-state index in [4.69, 9.17) is 9.47 Å². The fourth-order valence-corrected chi connectivity index (χ4v) is 2.63. The maximum absolute atomic E-state index is 5.66. The van der Waals surface area contributed by atoms with Gasteiger partial charge in [0, 0.05) is 12.1 Å². The fourth-order valence-electron chi connectivity index (χ4n) is 2.63. The molecule has 2 aromatic carbocycles. The number of para-hydroxylation sites is 1. The Hall–Kier alpha value is -1.84. The van der Waals surface area contributed by atoms with Crippen LogP contribution < -0.4 is 10.1 Å². The van der Waals surface area contributed by atoms with Crippen LogP contribution in [-0.2, 0) is 17.9 Å². The van der Waals surface area contributed by atoms with Crippen molar-refractivity contribution in [1.29, 1.82) is 0 Å². The van der Waals surface area contributed by atoms with Gasteiger partial charge in [-0.25, -0.2) is 0 Å². The summed E-state index contributed by atoms with van der Waals surface area (Å²) in [6.07, 6.45) is 0. The molecular weight excluding hydrogens is 250 g/mol. The smallest absolute Gasteiger partial charge is 0.123 e. The molecule has 0 spiro atoms. The standard InChI is InChI=1S/C17H19NO2/c1-19-17-9-5-3-6-13(17)10-18-16-12-20-11-14-7-2-4-8-15(14)16/h2-9,16,18H,10-12H2,1H3. The van der Waals surface area contributed by atoms with Crippen molar-refractivity contribution in [3.05, 3.63) is 65.2 Å². The second-order valence-corrected chi connectivity index (χ2v) is 4.96. The van der Waals surface area contributed by atoms with Gasteiger partial charge in [-0.15, -0.1) is 0 Å². The van der Waals surface area contributed by atoms with E-state index in [0.29, 0.717) is 13.2 Å². The zero-order chi connectivity index (χ0) is 13.8. The predicted molar refractivity (Wildman–Crippen MR) is 78.7 cm³/mol. The number of fused-ring (bicyclic) bond motifs is 1. The van der Waals surface area contributed by atoms with Crippen LogP contribution in [0.4, 0.5) is 0 Å². The molecule has 0 bridgehead atoms. The van der Waals surface area contributed by atoms with Crippen LogP contribution in [0.1, 0.15) is 22.7 Å². The van der Waals surface area contributed by atoms with E-state index in [1.54, 1.807) is 7.11 Å². The molecule has 104 valence electrons. The lowest BCUT2D eigenvalue weighted by Crippen LogP contribution is -2.29. The van der Waals surface area contributed by atoms with E-state index in [1.165, 1.54) is 11.1 Å². The van der Waals surface area contributed by atoms with E-state index in [-0.39, 0.29) is 6.04 Å². The minimum atomic E-state index is 0.241. The third kappa shape index (κ3) is 2.69. The number of nitrogens with one attached hydrogen (secondary N) is 1. The highest BCUT2D eigenvalue weighted by Crippen LogP contribution is 2.25. The van der Waals surface area contributed by atoms with Gasteiger partial charge in [-0.2, -0.15) is 0 Å². The van der Waals surface area contributed by atoms with E-state index < -0.39 is 0 Å². The SMILES string of the molecule is COc1ccccc1CNC1COCc2ccccc21. The topological polar surface area (TPSA) is 30.5 Å². The summed E-state index contributed by atoms with van der Waals surface area (Å²) in [5, 5.41) is 3.56. The summed E-state index contributed by atoms with van der Waals surface area (Å²) in [5.41, 5.74) is 3.78. The van der Waals surface area contributed by atoms with Gasteiger partial charge in [0.1, 0.15) is 5.75 Å². The highest BCUT2D eigenvalue weighted by molar-refractivity contribution is 5.34. The normalized spacial score (nSPS) is 17.6. The summed E-state index contributed by atoms with van der Waals surface area (Å²) < 4.78 is 11.0. The van der Waals surface area contributed by atoms with Gasteiger partial charge in [0.2, 0.25) is 0 Å². The number of rotatable bonds is 4. The summed E-state index contributed by atoms with van der Waals surface area (Å²) >= 11 is 0. The molecule has 1 unspecified atom stereocenters. The first-order valence-electron chi connectivity index (χ1n) is 6.89. The highest BCUT2D eigenvalue weighted by Gasteiger charge is 2.19. The molecule has 1 aliphatic heterocycles. The molecule has 2 aromatic rings. The molecule has 1 N–H and O–H groups in total. The van der Waals surface area contributed by atoms with E-state index in [0.717, 1.165) is 17.9 Å². The largest absolute Gasteiger partial charge is 0.496 e. The summed E-state index contributed by atoms with van der Waals surface area (Å²) in [6, 6.07) is 16.8. The molecule has 0 aliphatic carbocycles. The van der Waals surface area contributed by atoms with E-state index in [1.807, 2.05) is 18.2 Å². The van der Waals surface area contributed by atoms with Gasteiger partial charge in [-0.1, -0.05) is 42.5 Å². The zero-order valence-corrected chi connectivity index (χ0v) is 11.6. The molecule has 0 amide bonds. The molecule has 1 atom stereocenters. The maximum atomic E-state index is 5.66. The average molecular weight is 269 g/mol. The lowest BCUT2D eigenvalue weighted by atomic mass is 9.99. The summed E-state index contributed by atoms with van der Waals surface area (Å²) in [5.74, 6) is 0.921. The van der Waals surface area contributed by atoms with Crippen molar-refractivity contribution in [2.75, 3.05) is 13.7 Å². The Labute approximate surface area is 119 Å². The van der Waals surface area contributed by atoms with Crippen molar-refractivity contribution >= 4 is 0 Å². The van der Waals surface area contributed by atoms with Gasteiger partial charge in [0.25, 0.3) is 0 Å². The first-order chi connectivity index (χ1) is 9.88. The number of hydrogen-bond acceptors (Lipinski definition) is 3. The number of hydrogen-bond donors (Lipinski definition) is 1. The summed E-state index contributed by atoms with van der Waals surface area (Å²) in [7, 11) is 1.71. The van der Waals surface area contributed by atoms with Crippen LogP contribution in [0.2, 0.25) is 0 Å². The number of ether oxygens (including phenoxy) is 2. The highest BCUT2D eigenvalue weighted by atomic mass is 16.5. The Balaban J connectivity index is 1.73. The second kappa shape index (κ2) is 6.07. The van der Waals surface area contributed by atoms with Crippen molar-refractivity contribution in [2.24, 2.45) is 0 Å². The number of methoxy groups -OCH3 is 1. The first-order valence-corrected chi connectivity index (χ1v) is 6.89. The predicted octanol–water partition coefficient (Wildman–Crippen LogP) is 3.06. The van der Waals surface area contributed by atoms with Gasteiger partial charge in [0.15, 0.2) is 0 Å². The molecule has 0 aromatic heterocycles. The second-order valence-electron chi connectivity index (χ2n) is 4.96. The van der Waals surface area contributed by atoms with Crippen LogP contribution in [0.25, 0.3) is 0 Å². The van der Waals surface area contributed by atoms with Crippen LogP contribution >= 0.6 is 0 Å². The molecule has 0 saturated carbocycles. The Morgan fingerprint density at radius 3 is 2.85 bits per heavy atom. The monoisotopic (exact) mass is 269 g/mol. The molecule has 1 heterocycles. The van der Waals surface area contributed by atoms with Crippen LogP contribution in [0.3, 0.4) is 0 Å². The minimum Gasteiger partial charge on any atom is -0.496 e. The molecule has 3 heteroatoms. The van der Waals surface area contributed by atoms with Crippen LogP contribution in [0.5, 0.6) is 5.75 Å². The molecule has 3 nitrogen and oxygen atoms in total. The van der Waals surface area contributed by atoms with Crippen LogP contribution in [-0.4, -0.2) is 13.7 Å². The lowest BCUT2D eigenvalue weighted by Gasteiger charge is -2.27. The van der Waals surface area contributed by atoms with Gasteiger partial charge in [-0.05, 0) is 17.2 Å². The van der Waals surface area contributed by atoms with E-state index in [2.05, 4.69) is 35.6 Å². The molecule has 20 heavy (non-hydrogen) atoms. The van der Waals surface area contributed by atoms with Crippen molar-refractivity contribution in [3.8, 4) is 5.75 Å². The Morgan fingerprint density at radius 2 is 1.95 bits per heavy atom. The van der Waals surface area contributed by atoms with Crippen molar-refractivity contribution in [2.45, 2.75) is 19.2 Å². The van der Waals surface area contributed by atoms with Crippen LogP contribution in [0, 0.1) is 0 Å². The summed E-state index contributed by atoms with van der Waals surface area (Å²) in [4.78, 5) is 0. The molecule has 1 aliphatic rings. The third-order valence-corrected chi connectivity index (χ3v) is 3.70. The number of benzene rings is 2. The minimum absolute atomic E-state index is 0.241. The van der Waals surface area contributed by atoms with Crippen molar-refractivity contribution < 1.29 is 9.47 Å². The maximum Gasteiger partial charge on any atom is 0.123 e. The Morgan fingerprint density at radius 1 is 1.15 bits per heavy atom. The van der Waals surface area contributed by atoms with Crippen molar-refractivity contribution in [3.63, 3.8) is 0 Å². The fraction of sp³-hybridized carbons (Fsp3) is 0.294. The van der Waals surface area contributed by atoms with Gasteiger partial charge < -0.3 is 14.8 Å². The molecule has 0 radical (unpaired) electrons. The molecular formula is C17H19NO2. The van der Waals surface area contributed by atoms with Gasteiger partial charge >= 0.3 is 0 Å². The van der Waals surface area contributed by atoms with Crippen molar-refractivity contribution in [1.82, 2.24) is 5.32 Å². The lowest BCUT2D eigenvalue weighted by molar-refractivity contribution is 0.0816. The van der Waals surface area contributed by atoms with Crippen LogP contribution in [0.15, 0.2) is 48.5 Å². The first kappa shape index (κ1) is 13.2. The average Bonchev–Trinajstić information content (AvgIpc) is 2.53. The molecule has 0 saturated heterocycles. The Kier molecular flexibility index (Phi) is 4.00. The van der Waals surface area contributed by atoms with Gasteiger partial charge in [0.05, 0.1) is 26.4 Å². The zero-order valence-electron chi connectivity index (χ0n) is 11.6.